The minimum atomic E-state index is 1.23. The molecule has 0 spiro atoms. The van der Waals surface area contributed by atoms with Crippen molar-refractivity contribution in [3.63, 3.8) is 0 Å². The van der Waals surface area contributed by atoms with Gasteiger partial charge in [0.2, 0.25) is 0 Å². The molecular formula is C10H16N2. The van der Waals surface area contributed by atoms with Crippen LogP contribution in [-0.4, -0.2) is 18.1 Å². The maximum absolute atomic E-state index is 3.22. The first kappa shape index (κ1) is 7.71. The maximum atomic E-state index is 3.22. The minimum Gasteiger partial charge on any atom is -0.370 e. The molecule has 0 radical (unpaired) electrons. The molecule has 1 aliphatic rings. The first-order valence-electron chi connectivity index (χ1n) is 4.76. The summed E-state index contributed by atoms with van der Waals surface area (Å²) in [7, 11) is 0. The molecule has 0 amide bonds. The maximum Gasteiger partial charge on any atom is 0.0546 e. The summed E-state index contributed by atoms with van der Waals surface area (Å²) in [5.74, 6) is 0. The Kier molecular flexibility index (Phi) is 2.07. The molecule has 0 unspecified atom stereocenters. The topological polar surface area (TPSA) is 19.0 Å². The number of H-pyrrole nitrogens is 1. The van der Waals surface area contributed by atoms with Crippen LogP contribution in [0.25, 0.3) is 0 Å². The van der Waals surface area contributed by atoms with E-state index in [4.69, 9.17) is 0 Å². The number of nitrogens with one attached hydrogen (secondary N) is 1. The van der Waals surface area contributed by atoms with Crippen molar-refractivity contribution in [1.29, 1.82) is 0 Å². The van der Waals surface area contributed by atoms with Gasteiger partial charge < -0.3 is 9.88 Å². The number of nitrogens with zero attached hydrogens (tertiary/aromatic N) is 1. The Morgan fingerprint density at radius 3 is 2.58 bits per heavy atom. The number of aromatic nitrogens is 1. The lowest BCUT2D eigenvalue weighted by Gasteiger charge is -2.27. The number of rotatable bonds is 1. The van der Waals surface area contributed by atoms with Gasteiger partial charge in [-0.25, -0.2) is 0 Å². The summed E-state index contributed by atoms with van der Waals surface area (Å²) in [4.78, 5) is 5.69. The van der Waals surface area contributed by atoms with E-state index in [0.717, 1.165) is 0 Å². The van der Waals surface area contributed by atoms with Gasteiger partial charge in [0, 0.05) is 25.0 Å². The van der Waals surface area contributed by atoms with Gasteiger partial charge in [-0.1, -0.05) is 0 Å². The molecule has 0 bridgehead atoms. The highest BCUT2D eigenvalue weighted by Gasteiger charge is 2.10. The summed E-state index contributed by atoms with van der Waals surface area (Å²) >= 11 is 0. The standard InChI is InChI=1S/C10H16N2/c1-9-7-10(8-11-9)12-5-3-2-4-6-12/h7-8,11H,2-6H2,1H3. The highest BCUT2D eigenvalue weighted by atomic mass is 15.1. The van der Waals surface area contributed by atoms with Crippen LogP contribution in [0.5, 0.6) is 0 Å². The van der Waals surface area contributed by atoms with E-state index in [1.807, 2.05) is 0 Å². The Morgan fingerprint density at radius 1 is 1.25 bits per heavy atom. The average Bonchev–Trinajstić information content (AvgIpc) is 2.54. The van der Waals surface area contributed by atoms with Crippen LogP contribution < -0.4 is 4.90 Å². The fraction of sp³-hybridized carbons (Fsp3) is 0.600. The number of hydrogen-bond donors (Lipinski definition) is 1. The molecule has 1 fully saturated rings. The predicted molar refractivity (Wildman–Crippen MR) is 51.6 cm³/mol. The van der Waals surface area contributed by atoms with E-state index in [1.54, 1.807) is 0 Å². The van der Waals surface area contributed by atoms with Gasteiger partial charge in [0.05, 0.1) is 5.69 Å². The lowest BCUT2D eigenvalue weighted by atomic mass is 10.1. The zero-order valence-corrected chi connectivity index (χ0v) is 7.64. The van der Waals surface area contributed by atoms with E-state index in [2.05, 4.69) is 29.1 Å². The molecule has 2 rings (SSSR count). The van der Waals surface area contributed by atoms with Gasteiger partial charge >= 0.3 is 0 Å². The average molecular weight is 164 g/mol. The van der Waals surface area contributed by atoms with Crippen LogP contribution >= 0.6 is 0 Å². The minimum absolute atomic E-state index is 1.23. The van der Waals surface area contributed by atoms with E-state index < -0.39 is 0 Å². The monoisotopic (exact) mass is 164 g/mol. The normalized spacial score (nSPS) is 18.2. The number of hydrogen-bond acceptors (Lipinski definition) is 1. The van der Waals surface area contributed by atoms with Crippen molar-refractivity contribution in [1.82, 2.24) is 4.98 Å². The Bertz CT molecular complexity index is 246. The van der Waals surface area contributed by atoms with Gasteiger partial charge in [0.25, 0.3) is 0 Å². The smallest absolute Gasteiger partial charge is 0.0546 e. The third kappa shape index (κ3) is 1.47. The van der Waals surface area contributed by atoms with Gasteiger partial charge in [-0.05, 0) is 32.3 Å². The van der Waals surface area contributed by atoms with Crippen LogP contribution in [0.4, 0.5) is 5.69 Å². The van der Waals surface area contributed by atoms with Gasteiger partial charge in [0.1, 0.15) is 0 Å². The van der Waals surface area contributed by atoms with Crippen molar-refractivity contribution in [2.24, 2.45) is 0 Å². The van der Waals surface area contributed by atoms with E-state index in [0.29, 0.717) is 0 Å². The fourth-order valence-electron chi connectivity index (χ4n) is 1.83. The van der Waals surface area contributed by atoms with Gasteiger partial charge in [0.15, 0.2) is 0 Å². The van der Waals surface area contributed by atoms with Crippen molar-refractivity contribution in [2.45, 2.75) is 26.2 Å². The SMILES string of the molecule is Cc1cc(N2CCCCC2)c[nH]1. The van der Waals surface area contributed by atoms with Gasteiger partial charge in [-0.3, -0.25) is 0 Å². The first-order valence-corrected chi connectivity index (χ1v) is 4.76. The molecule has 0 aromatic carbocycles. The third-order valence-electron chi connectivity index (χ3n) is 2.53. The molecule has 1 aliphatic heterocycles. The molecule has 2 nitrogen and oxygen atoms in total. The zero-order valence-electron chi connectivity index (χ0n) is 7.64. The van der Waals surface area contributed by atoms with E-state index >= 15 is 0 Å². The summed E-state index contributed by atoms with van der Waals surface area (Å²) < 4.78 is 0. The second-order valence-corrected chi connectivity index (χ2v) is 3.59. The highest BCUT2D eigenvalue weighted by Crippen LogP contribution is 2.19. The molecule has 0 saturated carbocycles. The largest absolute Gasteiger partial charge is 0.370 e. The summed E-state index contributed by atoms with van der Waals surface area (Å²) in [6.45, 7) is 4.57. The Morgan fingerprint density at radius 2 is 2.00 bits per heavy atom. The lowest BCUT2D eigenvalue weighted by molar-refractivity contribution is 0.578. The van der Waals surface area contributed by atoms with Crippen LogP contribution in [0.2, 0.25) is 0 Å². The van der Waals surface area contributed by atoms with Crippen molar-refractivity contribution < 1.29 is 0 Å². The second kappa shape index (κ2) is 3.21. The number of anilines is 1. The van der Waals surface area contributed by atoms with E-state index in [-0.39, 0.29) is 0 Å². The quantitative estimate of drug-likeness (QED) is 0.675. The van der Waals surface area contributed by atoms with Crippen molar-refractivity contribution in [3.05, 3.63) is 18.0 Å². The molecule has 0 atom stereocenters. The highest BCUT2D eigenvalue weighted by molar-refractivity contribution is 5.46. The lowest BCUT2D eigenvalue weighted by Crippen LogP contribution is -2.28. The Hall–Kier alpha value is -0.920. The third-order valence-corrected chi connectivity index (χ3v) is 2.53. The van der Waals surface area contributed by atoms with Crippen molar-refractivity contribution in [3.8, 4) is 0 Å². The molecule has 1 aromatic rings. The zero-order chi connectivity index (χ0) is 8.39. The number of aromatic amines is 1. The molecule has 2 heterocycles. The Balaban J connectivity index is 2.08. The van der Waals surface area contributed by atoms with Crippen LogP contribution in [0.1, 0.15) is 25.0 Å². The van der Waals surface area contributed by atoms with Crippen LogP contribution in [-0.2, 0) is 0 Å². The van der Waals surface area contributed by atoms with Crippen molar-refractivity contribution in [2.75, 3.05) is 18.0 Å². The molecule has 2 heteroatoms. The predicted octanol–water partition coefficient (Wildman–Crippen LogP) is 2.31. The number of aryl methyl sites for hydroxylation is 1. The summed E-state index contributed by atoms with van der Waals surface area (Å²) in [5, 5.41) is 0. The van der Waals surface area contributed by atoms with Crippen molar-refractivity contribution >= 4 is 5.69 Å². The van der Waals surface area contributed by atoms with Crippen LogP contribution in [0.3, 0.4) is 0 Å². The molecular weight excluding hydrogens is 148 g/mol. The number of piperidine rings is 1. The molecule has 0 aliphatic carbocycles. The molecule has 1 aromatic heterocycles. The summed E-state index contributed by atoms with van der Waals surface area (Å²) in [6, 6.07) is 2.23. The van der Waals surface area contributed by atoms with Crippen LogP contribution in [0, 0.1) is 6.92 Å². The van der Waals surface area contributed by atoms with E-state index in [9.17, 15) is 0 Å². The van der Waals surface area contributed by atoms with Gasteiger partial charge in [-0.15, -0.1) is 0 Å². The van der Waals surface area contributed by atoms with Crippen LogP contribution in [0.15, 0.2) is 12.3 Å². The first-order chi connectivity index (χ1) is 5.86. The van der Waals surface area contributed by atoms with E-state index in [1.165, 1.54) is 43.7 Å². The Labute approximate surface area is 73.6 Å². The van der Waals surface area contributed by atoms with Gasteiger partial charge in [-0.2, -0.15) is 0 Å². The molecule has 66 valence electrons. The molecule has 12 heavy (non-hydrogen) atoms. The molecule has 1 N–H and O–H groups in total. The second-order valence-electron chi connectivity index (χ2n) is 3.59. The summed E-state index contributed by atoms with van der Waals surface area (Å²) in [5.41, 5.74) is 2.63. The summed E-state index contributed by atoms with van der Waals surface area (Å²) in [6.07, 6.45) is 6.22. The fourth-order valence-corrected chi connectivity index (χ4v) is 1.83. The molecule has 1 saturated heterocycles.